The lowest BCUT2D eigenvalue weighted by Gasteiger charge is -2.09. The van der Waals surface area contributed by atoms with E-state index < -0.39 is 0 Å². The molecule has 4 heteroatoms. The largest absolute Gasteiger partial charge is 0.399 e. The van der Waals surface area contributed by atoms with Gasteiger partial charge in [0.05, 0.1) is 19.8 Å². The van der Waals surface area contributed by atoms with Gasteiger partial charge in [-0.25, -0.2) is 0 Å². The van der Waals surface area contributed by atoms with Crippen LogP contribution in [0.3, 0.4) is 0 Å². The molecule has 0 saturated heterocycles. The normalized spacial score (nSPS) is 10.8. The maximum atomic E-state index is 5.83. The Labute approximate surface area is 109 Å². The maximum Gasteiger partial charge on any atom is 0.0721 e. The third-order valence-electron chi connectivity index (χ3n) is 2.75. The van der Waals surface area contributed by atoms with E-state index in [2.05, 4.69) is 0 Å². The van der Waals surface area contributed by atoms with Gasteiger partial charge < -0.3 is 19.9 Å². The minimum Gasteiger partial charge on any atom is -0.399 e. The molecule has 2 N–H and O–H groups in total. The first-order chi connectivity index (χ1) is 8.75. The van der Waals surface area contributed by atoms with Crippen LogP contribution in [0.15, 0.2) is 18.2 Å². The lowest BCUT2D eigenvalue weighted by molar-refractivity contribution is 0.0335. The number of rotatable bonds is 9. The molecule has 1 rings (SSSR count). The van der Waals surface area contributed by atoms with E-state index in [9.17, 15) is 0 Å². The summed E-state index contributed by atoms with van der Waals surface area (Å²) in [7, 11) is 1.69. The smallest absolute Gasteiger partial charge is 0.0721 e. The van der Waals surface area contributed by atoms with Crippen LogP contribution in [0.25, 0.3) is 0 Å². The second-order valence-electron chi connectivity index (χ2n) is 4.14. The maximum absolute atomic E-state index is 5.83. The number of methoxy groups -OCH3 is 1. The third-order valence-corrected chi connectivity index (χ3v) is 2.75. The average Bonchev–Trinajstić information content (AvgIpc) is 2.37. The van der Waals surface area contributed by atoms with Crippen molar-refractivity contribution in [2.24, 2.45) is 0 Å². The second kappa shape index (κ2) is 8.91. The first kappa shape index (κ1) is 15.0. The highest BCUT2D eigenvalue weighted by atomic mass is 16.5. The van der Waals surface area contributed by atoms with Gasteiger partial charge >= 0.3 is 0 Å². The molecule has 0 heterocycles. The third kappa shape index (κ3) is 5.49. The Hall–Kier alpha value is -1.10. The van der Waals surface area contributed by atoms with Crippen molar-refractivity contribution in [2.75, 3.05) is 39.3 Å². The number of anilines is 1. The molecule has 1 aromatic rings. The summed E-state index contributed by atoms with van der Waals surface area (Å²) in [6, 6.07) is 5.88. The number of nitrogen functional groups attached to an aromatic ring is 1. The Morgan fingerprint density at radius 3 is 2.61 bits per heavy atom. The fraction of sp³-hybridized carbons (Fsp3) is 0.571. The van der Waals surface area contributed by atoms with Gasteiger partial charge in [-0.05, 0) is 30.5 Å². The highest BCUT2D eigenvalue weighted by molar-refractivity contribution is 5.49. The van der Waals surface area contributed by atoms with Gasteiger partial charge in [-0.3, -0.25) is 0 Å². The predicted molar refractivity (Wildman–Crippen MR) is 72.6 cm³/mol. The van der Waals surface area contributed by atoms with Crippen molar-refractivity contribution in [1.29, 1.82) is 0 Å². The molecular formula is C14H23NO3. The van der Waals surface area contributed by atoms with Crippen molar-refractivity contribution in [1.82, 2.24) is 0 Å². The number of ether oxygens (including phenoxy) is 3. The van der Waals surface area contributed by atoms with Crippen molar-refractivity contribution in [3.05, 3.63) is 29.3 Å². The van der Waals surface area contributed by atoms with Crippen molar-refractivity contribution < 1.29 is 14.2 Å². The van der Waals surface area contributed by atoms with Crippen molar-refractivity contribution >= 4 is 5.69 Å². The fourth-order valence-electron chi connectivity index (χ4n) is 1.57. The van der Waals surface area contributed by atoms with E-state index in [1.807, 2.05) is 25.1 Å². The number of nitrogens with two attached hydrogens (primary N) is 1. The Bertz CT molecular complexity index is 342. The van der Waals surface area contributed by atoms with Gasteiger partial charge in [-0.2, -0.15) is 0 Å². The van der Waals surface area contributed by atoms with Crippen LogP contribution in [-0.2, 0) is 20.8 Å². The van der Waals surface area contributed by atoms with Crippen molar-refractivity contribution in [3.63, 3.8) is 0 Å². The van der Waals surface area contributed by atoms with Crippen LogP contribution in [-0.4, -0.2) is 33.5 Å². The van der Waals surface area contributed by atoms with E-state index in [-0.39, 0.29) is 0 Å². The summed E-state index contributed by atoms with van der Waals surface area (Å²) >= 11 is 0. The van der Waals surface area contributed by atoms with Gasteiger partial charge in [0.25, 0.3) is 0 Å². The van der Waals surface area contributed by atoms with E-state index in [0.717, 1.165) is 29.8 Å². The Balaban J connectivity index is 2.09. The van der Waals surface area contributed by atoms with E-state index in [1.165, 1.54) is 0 Å². The summed E-state index contributed by atoms with van der Waals surface area (Å²) in [6.07, 6.45) is 0.921. The van der Waals surface area contributed by atoms with E-state index in [0.29, 0.717) is 26.4 Å². The molecule has 0 aliphatic carbocycles. The Morgan fingerprint density at radius 1 is 1.06 bits per heavy atom. The first-order valence-corrected chi connectivity index (χ1v) is 6.24. The predicted octanol–water partition coefficient (Wildman–Crippen LogP) is 2.15. The summed E-state index contributed by atoms with van der Waals surface area (Å²) in [4.78, 5) is 0. The molecule has 0 fully saturated rings. The molecule has 0 saturated carbocycles. The molecule has 0 spiro atoms. The SMILES string of the molecule is COCCCOCCOCc1cccc(N)c1C. The summed E-state index contributed by atoms with van der Waals surface area (Å²) in [5.41, 5.74) is 8.87. The van der Waals surface area contributed by atoms with Crippen LogP contribution in [0.1, 0.15) is 17.5 Å². The molecule has 0 unspecified atom stereocenters. The summed E-state index contributed by atoms with van der Waals surface area (Å²) in [6.45, 7) is 5.26. The zero-order valence-electron chi connectivity index (χ0n) is 11.3. The zero-order valence-corrected chi connectivity index (χ0v) is 11.3. The average molecular weight is 253 g/mol. The molecule has 4 nitrogen and oxygen atoms in total. The van der Waals surface area contributed by atoms with Crippen molar-refractivity contribution in [2.45, 2.75) is 20.0 Å². The molecule has 1 aromatic carbocycles. The molecular weight excluding hydrogens is 230 g/mol. The van der Waals surface area contributed by atoms with Gasteiger partial charge in [0, 0.05) is 26.0 Å². The number of benzene rings is 1. The van der Waals surface area contributed by atoms with Crippen LogP contribution < -0.4 is 5.73 Å². The number of hydrogen-bond donors (Lipinski definition) is 1. The van der Waals surface area contributed by atoms with Crippen LogP contribution in [0.4, 0.5) is 5.69 Å². The van der Waals surface area contributed by atoms with E-state index >= 15 is 0 Å². The molecule has 0 aliphatic heterocycles. The van der Waals surface area contributed by atoms with Gasteiger partial charge in [-0.1, -0.05) is 12.1 Å². The van der Waals surface area contributed by atoms with Crippen molar-refractivity contribution in [3.8, 4) is 0 Å². The van der Waals surface area contributed by atoms with Gasteiger partial charge in [0.2, 0.25) is 0 Å². The molecule has 102 valence electrons. The minimum absolute atomic E-state index is 0.582. The van der Waals surface area contributed by atoms with Crippen LogP contribution >= 0.6 is 0 Å². The van der Waals surface area contributed by atoms with Crippen LogP contribution in [0.5, 0.6) is 0 Å². The standard InChI is InChI=1S/C14H23NO3/c1-12-13(5-3-6-14(12)15)11-18-10-9-17-8-4-7-16-2/h3,5-6H,4,7-11,15H2,1-2H3. The lowest BCUT2D eigenvalue weighted by atomic mass is 10.1. The molecule has 0 radical (unpaired) electrons. The topological polar surface area (TPSA) is 53.7 Å². The van der Waals surface area contributed by atoms with Crippen LogP contribution in [0.2, 0.25) is 0 Å². The van der Waals surface area contributed by atoms with Gasteiger partial charge in [0.15, 0.2) is 0 Å². The molecule has 0 bridgehead atoms. The molecule has 0 atom stereocenters. The quantitative estimate of drug-likeness (QED) is 0.541. The lowest BCUT2D eigenvalue weighted by Crippen LogP contribution is -2.07. The molecule has 0 amide bonds. The van der Waals surface area contributed by atoms with Crippen LogP contribution in [0, 0.1) is 6.92 Å². The Morgan fingerprint density at radius 2 is 1.83 bits per heavy atom. The zero-order chi connectivity index (χ0) is 13.2. The van der Waals surface area contributed by atoms with E-state index in [1.54, 1.807) is 7.11 Å². The summed E-state index contributed by atoms with van der Waals surface area (Å²) < 4.78 is 15.9. The molecule has 0 aliphatic rings. The second-order valence-corrected chi connectivity index (χ2v) is 4.14. The monoisotopic (exact) mass is 253 g/mol. The highest BCUT2D eigenvalue weighted by Gasteiger charge is 2.00. The minimum atomic E-state index is 0.582. The van der Waals surface area contributed by atoms with E-state index in [4.69, 9.17) is 19.9 Å². The summed E-state index contributed by atoms with van der Waals surface area (Å²) in [5.74, 6) is 0. The van der Waals surface area contributed by atoms with Gasteiger partial charge in [0.1, 0.15) is 0 Å². The molecule has 0 aromatic heterocycles. The number of hydrogen-bond acceptors (Lipinski definition) is 4. The summed E-state index contributed by atoms with van der Waals surface area (Å²) in [5, 5.41) is 0. The van der Waals surface area contributed by atoms with Gasteiger partial charge in [-0.15, -0.1) is 0 Å². The highest BCUT2D eigenvalue weighted by Crippen LogP contribution is 2.15. The Kier molecular flexibility index (Phi) is 7.41. The first-order valence-electron chi connectivity index (χ1n) is 6.24. The molecule has 18 heavy (non-hydrogen) atoms. The fourth-order valence-corrected chi connectivity index (χ4v) is 1.57.